The van der Waals surface area contributed by atoms with Crippen LogP contribution in [0.2, 0.25) is 0 Å². The largest absolute Gasteiger partial charge is 0.497 e. The Morgan fingerprint density at radius 1 is 1.04 bits per heavy atom. The zero-order valence-corrected chi connectivity index (χ0v) is 16.0. The molecule has 7 nitrogen and oxygen atoms in total. The lowest BCUT2D eigenvalue weighted by atomic mass is 10.2. The fraction of sp³-hybridized carbons (Fsp3) is 0.150. The summed E-state index contributed by atoms with van der Waals surface area (Å²) < 4.78 is 37.6. The zero-order valence-electron chi connectivity index (χ0n) is 15.2. The van der Waals surface area contributed by atoms with Crippen LogP contribution in [-0.4, -0.2) is 21.4 Å². The molecule has 8 heteroatoms. The van der Waals surface area contributed by atoms with E-state index in [1.807, 2.05) is 24.3 Å². The van der Waals surface area contributed by atoms with Crippen molar-refractivity contribution in [2.45, 2.75) is 18.0 Å². The van der Waals surface area contributed by atoms with E-state index in [4.69, 9.17) is 9.15 Å². The summed E-state index contributed by atoms with van der Waals surface area (Å²) in [6.45, 7) is 0.325. The number of hydrogen-bond acceptors (Lipinski definition) is 5. The standard InChI is InChI=1S/C20H20N2O5S/c1-26-17-7-2-5-15(11-17)13-21-20(23)16-6-3-9-19(12-16)28(24,25)22-14-18-8-4-10-27-18/h2-12,22H,13-14H2,1H3,(H,21,23). The van der Waals surface area contributed by atoms with Gasteiger partial charge in [0.2, 0.25) is 10.0 Å². The van der Waals surface area contributed by atoms with Crippen molar-refractivity contribution >= 4 is 15.9 Å². The van der Waals surface area contributed by atoms with Crippen molar-refractivity contribution in [3.05, 3.63) is 83.8 Å². The van der Waals surface area contributed by atoms with Crippen molar-refractivity contribution < 1.29 is 22.4 Å². The summed E-state index contributed by atoms with van der Waals surface area (Å²) in [4.78, 5) is 12.4. The number of carbonyl (C=O) groups is 1. The van der Waals surface area contributed by atoms with Crippen LogP contribution in [0.25, 0.3) is 0 Å². The molecular formula is C20H20N2O5S. The normalized spacial score (nSPS) is 11.2. The highest BCUT2D eigenvalue weighted by molar-refractivity contribution is 7.89. The fourth-order valence-corrected chi connectivity index (χ4v) is 3.57. The van der Waals surface area contributed by atoms with Crippen LogP contribution < -0.4 is 14.8 Å². The minimum absolute atomic E-state index is 0.00749. The van der Waals surface area contributed by atoms with Gasteiger partial charge in [-0.25, -0.2) is 13.1 Å². The summed E-state index contributed by atoms with van der Waals surface area (Å²) in [5.41, 5.74) is 1.13. The smallest absolute Gasteiger partial charge is 0.251 e. The van der Waals surface area contributed by atoms with Gasteiger partial charge in [-0.2, -0.15) is 0 Å². The molecule has 146 valence electrons. The molecule has 1 aromatic heterocycles. The predicted molar refractivity (Wildman–Crippen MR) is 103 cm³/mol. The van der Waals surface area contributed by atoms with Gasteiger partial charge in [-0.15, -0.1) is 0 Å². The van der Waals surface area contributed by atoms with Crippen molar-refractivity contribution in [1.29, 1.82) is 0 Å². The average molecular weight is 400 g/mol. The van der Waals surface area contributed by atoms with Crippen molar-refractivity contribution in [3.8, 4) is 5.75 Å². The molecule has 28 heavy (non-hydrogen) atoms. The van der Waals surface area contributed by atoms with Crippen LogP contribution in [0.15, 0.2) is 76.2 Å². The molecule has 0 saturated heterocycles. The van der Waals surface area contributed by atoms with Crippen molar-refractivity contribution in [3.63, 3.8) is 0 Å². The van der Waals surface area contributed by atoms with E-state index < -0.39 is 10.0 Å². The van der Waals surface area contributed by atoms with Gasteiger partial charge in [0.25, 0.3) is 5.91 Å². The van der Waals surface area contributed by atoms with Gasteiger partial charge < -0.3 is 14.5 Å². The van der Waals surface area contributed by atoms with Gasteiger partial charge in [-0.1, -0.05) is 18.2 Å². The highest BCUT2D eigenvalue weighted by atomic mass is 32.2. The number of nitrogens with one attached hydrogen (secondary N) is 2. The molecule has 0 aliphatic carbocycles. The maximum Gasteiger partial charge on any atom is 0.251 e. The summed E-state index contributed by atoms with van der Waals surface area (Å²) in [6, 6.07) is 16.5. The van der Waals surface area contributed by atoms with Crippen LogP contribution in [0.1, 0.15) is 21.7 Å². The molecule has 0 atom stereocenters. The summed E-state index contributed by atoms with van der Waals surface area (Å²) in [7, 11) is -2.20. The topological polar surface area (TPSA) is 97.6 Å². The molecule has 1 amide bonds. The lowest BCUT2D eigenvalue weighted by Gasteiger charge is -2.09. The number of hydrogen-bond donors (Lipinski definition) is 2. The Morgan fingerprint density at radius 3 is 2.61 bits per heavy atom. The minimum Gasteiger partial charge on any atom is -0.497 e. The van der Waals surface area contributed by atoms with E-state index in [0.717, 1.165) is 5.56 Å². The Bertz CT molecular complexity index is 1050. The third kappa shape index (κ3) is 4.99. The maximum atomic E-state index is 12.5. The lowest BCUT2D eigenvalue weighted by molar-refractivity contribution is 0.0950. The maximum absolute atomic E-state index is 12.5. The first-order valence-corrected chi connectivity index (χ1v) is 9.99. The minimum atomic E-state index is -3.78. The Balaban J connectivity index is 1.66. The van der Waals surface area contributed by atoms with E-state index in [-0.39, 0.29) is 22.9 Å². The SMILES string of the molecule is COc1cccc(CNC(=O)c2cccc(S(=O)(=O)NCc3ccco3)c2)c1. The molecule has 3 aromatic rings. The van der Waals surface area contributed by atoms with Gasteiger partial charge >= 0.3 is 0 Å². The van der Waals surface area contributed by atoms with Crippen LogP contribution in [0.3, 0.4) is 0 Å². The monoisotopic (exact) mass is 400 g/mol. The summed E-state index contributed by atoms with van der Waals surface area (Å²) in [5.74, 6) is 0.823. The molecule has 0 aliphatic heterocycles. The molecule has 1 heterocycles. The molecule has 0 saturated carbocycles. The van der Waals surface area contributed by atoms with E-state index in [2.05, 4.69) is 10.0 Å². The average Bonchev–Trinajstić information content (AvgIpc) is 3.24. The van der Waals surface area contributed by atoms with E-state index in [1.54, 1.807) is 25.3 Å². The molecule has 0 bridgehead atoms. The van der Waals surface area contributed by atoms with Crippen LogP contribution in [0, 0.1) is 0 Å². The second-order valence-electron chi connectivity index (χ2n) is 5.97. The quantitative estimate of drug-likeness (QED) is 0.606. The summed E-state index contributed by atoms with van der Waals surface area (Å²) in [5, 5.41) is 2.77. The van der Waals surface area contributed by atoms with E-state index in [9.17, 15) is 13.2 Å². The summed E-state index contributed by atoms with van der Waals surface area (Å²) in [6.07, 6.45) is 1.47. The van der Waals surface area contributed by atoms with Crippen LogP contribution in [-0.2, 0) is 23.1 Å². The molecule has 0 unspecified atom stereocenters. The van der Waals surface area contributed by atoms with E-state index in [1.165, 1.54) is 24.5 Å². The second-order valence-corrected chi connectivity index (χ2v) is 7.73. The summed E-state index contributed by atoms with van der Waals surface area (Å²) >= 11 is 0. The fourth-order valence-electron chi connectivity index (χ4n) is 2.53. The van der Waals surface area contributed by atoms with Gasteiger partial charge in [-0.3, -0.25) is 4.79 Å². The zero-order chi connectivity index (χ0) is 20.0. The molecule has 2 N–H and O–H groups in total. The second kappa shape index (κ2) is 8.73. The molecule has 0 spiro atoms. The Labute approximate surface area is 163 Å². The van der Waals surface area contributed by atoms with Gasteiger partial charge in [0.1, 0.15) is 11.5 Å². The van der Waals surface area contributed by atoms with Crippen molar-refractivity contribution in [2.75, 3.05) is 7.11 Å². The van der Waals surface area contributed by atoms with Crippen molar-refractivity contribution in [2.24, 2.45) is 0 Å². The number of rotatable bonds is 8. The molecule has 2 aromatic carbocycles. The van der Waals surface area contributed by atoms with Crippen molar-refractivity contribution in [1.82, 2.24) is 10.0 Å². The number of amides is 1. The first-order chi connectivity index (χ1) is 13.5. The number of ether oxygens (including phenoxy) is 1. The van der Waals surface area contributed by atoms with Gasteiger partial charge in [0.15, 0.2) is 0 Å². The third-order valence-corrected chi connectivity index (χ3v) is 5.41. The number of sulfonamides is 1. The number of benzene rings is 2. The lowest BCUT2D eigenvalue weighted by Crippen LogP contribution is -2.25. The van der Waals surface area contributed by atoms with Crippen LogP contribution in [0.5, 0.6) is 5.75 Å². The number of furan rings is 1. The molecular weight excluding hydrogens is 380 g/mol. The molecule has 3 rings (SSSR count). The Kier molecular flexibility index (Phi) is 6.13. The van der Waals surface area contributed by atoms with Gasteiger partial charge in [0.05, 0.1) is 24.8 Å². The molecule has 0 fully saturated rings. The van der Waals surface area contributed by atoms with Crippen LogP contribution >= 0.6 is 0 Å². The van der Waals surface area contributed by atoms with E-state index in [0.29, 0.717) is 18.1 Å². The predicted octanol–water partition coefficient (Wildman–Crippen LogP) is 2.70. The van der Waals surface area contributed by atoms with Crippen LogP contribution in [0.4, 0.5) is 0 Å². The highest BCUT2D eigenvalue weighted by Gasteiger charge is 2.16. The first-order valence-electron chi connectivity index (χ1n) is 8.51. The highest BCUT2D eigenvalue weighted by Crippen LogP contribution is 2.14. The number of carbonyl (C=O) groups excluding carboxylic acids is 1. The molecule has 0 radical (unpaired) electrons. The first kappa shape index (κ1) is 19.7. The van der Waals surface area contributed by atoms with Gasteiger partial charge in [0, 0.05) is 12.1 Å². The molecule has 0 aliphatic rings. The number of methoxy groups -OCH3 is 1. The van der Waals surface area contributed by atoms with E-state index >= 15 is 0 Å². The van der Waals surface area contributed by atoms with Gasteiger partial charge in [-0.05, 0) is 48.0 Å². The Hall–Kier alpha value is -3.10. The third-order valence-electron chi connectivity index (χ3n) is 4.01. The Morgan fingerprint density at radius 2 is 1.86 bits per heavy atom.